The first kappa shape index (κ1) is 17.3. The van der Waals surface area contributed by atoms with E-state index in [1.54, 1.807) is 6.20 Å². The summed E-state index contributed by atoms with van der Waals surface area (Å²) in [6, 6.07) is 7.85. The predicted molar refractivity (Wildman–Crippen MR) is 104 cm³/mol. The lowest BCUT2D eigenvalue weighted by Gasteiger charge is -2.07. The Bertz CT molecular complexity index is 1100. The predicted octanol–water partition coefficient (Wildman–Crippen LogP) is 4.48. The van der Waals surface area contributed by atoms with E-state index in [1.165, 1.54) is 5.56 Å². The van der Waals surface area contributed by atoms with Crippen molar-refractivity contribution in [2.75, 3.05) is 0 Å². The Morgan fingerprint density at radius 2 is 1.89 bits per heavy atom. The fraction of sp³-hybridized carbons (Fsp3) is 0.227. The Kier molecular flexibility index (Phi) is 4.67. The van der Waals surface area contributed by atoms with E-state index in [0.29, 0.717) is 18.4 Å². The molecule has 4 heterocycles. The molecule has 4 aromatic heterocycles. The number of hydrogen-bond donors (Lipinski definition) is 1. The summed E-state index contributed by atoms with van der Waals surface area (Å²) in [5.41, 5.74) is 6.68. The minimum Gasteiger partial charge on any atom is -0.346 e. The van der Waals surface area contributed by atoms with Crippen molar-refractivity contribution in [2.45, 2.75) is 33.1 Å². The Morgan fingerprint density at radius 3 is 2.70 bits per heavy atom. The first-order valence-corrected chi connectivity index (χ1v) is 9.06. The molecule has 4 nitrogen and oxygen atoms in total. The van der Waals surface area contributed by atoms with Crippen LogP contribution in [0.3, 0.4) is 0 Å². The first-order valence-electron chi connectivity index (χ1n) is 9.06. The highest BCUT2D eigenvalue weighted by molar-refractivity contribution is 5.80. The van der Waals surface area contributed by atoms with E-state index in [9.17, 15) is 4.39 Å². The minimum absolute atomic E-state index is 0.395. The van der Waals surface area contributed by atoms with Crippen molar-refractivity contribution in [3.63, 3.8) is 0 Å². The van der Waals surface area contributed by atoms with Crippen molar-refractivity contribution < 1.29 is 4.39 Å². The van der Waals surface area contributed by atoms with Crippen molar-refractivity contribution in [1.82, 2.24) is 19.9 Å². The smallest absolute Gasteiger partial charge is 0.216 e. The Labute approximate surface area is 157 Å². The lowest BCUT2D eigenvalue weighted by molar-refractivity contribution is 0.563. The second-order valence-corrected chi connectivity index (χ2v) is 6.95. The zero-order chi connectivity index (χ0) is 18.8. The number of fused-ring (bicyclic) bond motifs is 1. The van der Waals surface area contributed by atoms with E-state index in [2.05, 4.69) is 26.0 Å². The van der Waals surface area contributed by atoms with Crippen LogP contribution in [0.1, 0.15) is 33.5 Å². The SMILES string of the molecule is Cc1cnc2[nH]cc(Cc3ccc(CCc4ccncc4C)nc3F)c2c1. The summed E-state index contributed by atoms with van der Waals surface area (Å²) in [5, 5.41) is 1.03. The van der Waals surface area contributed by atoms with Gasteiger partial charge in [-0.1, -0.05) is 6.07 Å². The quantitative estimate of drug-likeness (QED) is 0.534. The van der Waals surface area contributed by atoms with Gasteiger partial charge in [0.2, 0.25) is 5.95 Å². The van der Waals surface area contributed by atoms with Crippen LogP contribution in [0.4, 0.5) is 4.39 Å². The van der Waals surface area contributed by atoms with Gasteiger partial charge < -0.3 is 4.98 Å². The molecule has 4 aromatic rings. The minimum atomic E-state index is -0.395. The third kappa shape index (κ3) is 3.72. The molecule has 0 aliphatic carbocycles. The molecule has 27 heavy (non-hydrogen) atoms. The van der Waals surface area contributed by atoms with Gasteiger partial charge in [0.05, 0.1) is 0 Å². The summed E-state index contributed by atoms with van der Waals surface area (Å²) in [6.45, 7) is 4.04. The van der Waals surface area contributed by atoms with Crippen molar-refractivity contribution in [2.24, 2.45) is 0 Å². The maximum Gasteiger partial charge on any atom is 0.216 e. The van der Waals surface area contributed by atoms with Crippen molar-refractivity contribution in [1.29, 1.82) is 0 Å². The maximum atomic E-state index is 14.6. The van der Waals surface area contributed by atoms with E-state index < -0.39 is 5.95 Å². The molecule has 0 saturated carbocycles. The summed E-state index contributed by atoms with van der Waals surface area (Å²) in [7, 11) is 0. The van der Waals surface area contributed by atoms with Crippen LogP contribution in [0.25, 0.3) is 11.0 Å². The summed E-state index contributed by atoms with van der Waals surface area (Å²) in [5.74, 6) is -0.395. The van der Waals surface area contributed by atoms with Crippen LogP contribution >= 0.6 is 0 Å². The molecule has 4 rings (SSSR count). The lowest BCUT2D eigenvalue weighted by Crippen LogP contribution is -2.02. The number of pyridine rings is 3. The third-order valence-electron chi connectivity index (χ3n) is 4.90. The lowest BCUT2D eigenvalue weighted by atomic mass is 10.0. The van der Waals surface area contributed by atoms with Crippen LogP contribution in [-0.2, 0) is 19.3 Å². The molecule has 0 unspecified atom stereocenters. The average molecular weight is 360 g/mol. The molecular formula is C22H21FN4. The van der Waals surface area contributed by atoms with Crippen LogP contribution in [0.2, 0.25) is 0 Å². The highest BCUT2D eigenvalue weighted by Gasteiger charge is 2.11. The normalized spacial score (nSPS) is 11.2. The zero-order valence-corrected chi connectivity index (χ0v) is 15.5. The molecule has 0 amide bonds. The average Bonchev–Trinajstić information content (AvgIpc) is 3.05. The molecule has 0 saturated heterocycles. The van der Waals surface area contributed by atoms with Crippen molar-refractivity contribution in [3.05, 3.63) is 88.5 Å². The van der Waals surface area contributed by atoms with Crippen LogP contribution in [-0.4, -0.2) is 19.9 Å². The van der Waals surface area contributed by atoms with Crippen molar-refractivity contribution in [3.8, 4) is 0 Å². The number of nitrogens with zero attached hydrogens (tertiary/aromatic N) is 3. The summed E-state index contributed by atoms with van der Waals surface area (Å²) in [6.07, 6.45) is 9.39. The molecule has 0 aromatic carbocycles. The number of aryl methyl sites for hydroxylation is 4. The Hall–Kier alpha value is -3.08. The van der Waals surface area contributed by atoms with Gasteiger partial charge in [0, 0.05) is 47.9 Å². The second-order valence-electron chi connectivity index (χ2n) is 6.95. The van der Waals surface area contributed by atoms with Crippen LogP contribution in [0.5, 0.6) is 0 Å². The fourth-order valence-electron chi connectivity index (χ4n) is 3.33. The summed E-state index contributed by atoms with van der Waals surface area (Å²) < 4.78 is 14.6. The number of aromatic amines is 1. The van der Waals surface area contributed by atoms with Gasteiger partial charge in [-0.3, -0.25) is 4.98 Å². The number of aromatic nitrogens is 4. The third-order valence-corrected chi connectivity index (χ3v) is 4.90. The van der Waals surface area contributed by atoms with Gasteiger partial charge in [0.1, 0.15) is 5.65 Å². The number of halogens is 1. The molecule has 0 spiro atoms. The van der Waals surface area contributed by atoms with Gasteiger partial charge in [-0.25, -0.2) is 9.97 Å². The highest BCUT2D eigenvalue weighted by Crippen LogP contribution is 2.22. The molecule has 0 atom stereocenters. The second kappa shape index (κ2) is 7.27. The number of nitrogens with one attached hydrogen (secondary N) is 1. The van der Waals surface area contributed by atoms with Gasteiger partial charge >= 0.3 is 0 Å². The van der Waals surface area contributed by atoms with Crippen molar-refractivity contribution >= 4 is 11.0 Å². The molecule has 1 N–H and O–H groups in total. The van der Waals surface area contributed by atoms with Gasteiger partial charge in [-0.05, 0) is 67.1 Å². The summed E-state index contributed by atoms with van der Waals surface area (Å²) >= 11 is 0. The molecule has 5 heteroatoms. The monoisotopic (exact) mass is 360 g/mol. The van der Waals surface area contributed by atoms with Crippen LogP contribution < -0.4 is 0 Å². The van der Waals surface area contributed by atoms with Gasteiger partial charge in [-0.15, -0.1) is 0 Å². The van der Waals surface area contributed by atoms with E-state index >= 15 is 0 Å². The molecule has 0 fully saturated rings. The van der Waals surface area contributed by atoms with Crippen LogP contribution in [0, 0.1) is 19.8 Å². The molecule has 0 aliphatic heterocycles. The number of hydrogen-bond acceptors (Lipinski definition) is 3. The van der Waals surface area contributed by atoms with Gasteiger partial charge in [-0.2, -0.15) is 4.39 Å². The maximum absolute atomic E-state index is 14.6. The van der Waals surface area contributed by atoms with Crippen LogP contribution in [0.15, 0.2) is 49.1 Å². The standard InChI is InChI=1S/C22H21FN4/c1-14-9-20-18(13-26-22(20)25-11-14)10-17-4-6-19(27-21(17)23)5-3-16-7-8-24-12-15(16)2/h4,6-9,11-13H,3,5,10H2,1-2H3,(H,25,26). The first-order chi connectivity index (χ1) is 13.1. The van der Waals surface area contributed by atoms with E-state index in [1.807, 2.05) is 50.6 Å². The Balaban J connectivity index is 1.51. The van der Waals surface area contributed by atoms with E-state index in [0.717, 1.165) is 39.8 Å². The molecule has 0 bridgehead atoms. The molecular weight excluding hydrogens is 339 g/mol. The number of rotatable bonds is 5. The molecule has 0 radical (unpaired) electrons. The highest BCUT2D eigenvalue weighted by atomic mass is 19.1. The number of H-pyrrole nitrogens is 1. The van der Waals surface area contributed by atoms with Gasteiger partial charge in [0.15, 0.2) is 0 Å². The van der Waals surface area contributed by atoms with E-state index in [-0.39, 0.29) is 0 Å². The fourth-order valence-corrected chi connectivity index (χ4v) is 3.33. The molecule has 0 aliphatic rings. The van der Waals surface area contributed by atoms with E-state index in [4.69, 9.17) is 0 Å². The Morgan fingerprint density at radius 1 is 1.00 bits per heavy atom. The largest absolute Gasteiger partial charge is 0.346 e. The molecule has 136 valence electrons. The topological polar surface area (TPSA) is 54.5 Å². The summed E-state index contributed by atoms with van der Waals surface area (Å²) in [4.78, 5) is 15.8. The zero-order valence-electron chi connectivity index (χ0n) is 15.5. The van der Waals surface area contributed by atoms with Gasteiger partial charge in [0.25, 0.3) is 0 Å².